The second-order valence-corrected chi connectivity index (χ2v) is 3.77. The van der Waals surface area contributed by atoms with Crippen molar-refractivity contribution in [2.45, 2.75) is 18.4 Å². The molecule has 0 aliphatic heterocycles. The lowest BCUT2D eigenvalue weighted by Gasteiger charge is -2.03. The Hall–Kier alpha value is -1.79. The maximum absolute atomic E-state index is 8.81. The standard InChI is InChI=1S/C9H9N5S/c1-2-3-15-9-7(5-11)13-6(4-10)8(12)14-9/h2-3H2,1H3,(H2,12,14). The van der Waals surface area contributed by atoms with Gasteiger partial charge in [-0.05, 0) is 12.2 Å². The summed E-state index contributed by atoms with van der Waals surface area (Å²) in [5.41, 5.74) is 5.68. The SMILES string of the molecule is CCCSc1nc(N)c(C#N)nc1C#N. The van der Waals surface area contributed by atoms with Gasteiger partial charge in [0.2, 0.25) is 0 Å². The topological polar surface area (TPSA) is 99.4 Å². The van der Waals surface area contributed by atoms with E-state index in [2.05, 4.69) is 9.97 Å². The molecule has 0 radical (unpaired) electrons. The van der Waals surface area contributed by atoms with Crippen molar-refractivity contribution in [3.63, 3.8) is 0 Å². The maximum atomic E-state index is 8.81. The minimum absolute atomic E-state index is 0.00685. The van der Waals surface area contributed by atoms with Crippen LogP contribution in [0.2, 0.25) is 0 Å². The number of thioether (sulfide) groups is 1. The molecule has 5 nitrogen and oxygen atoms in total. The molecular formula is C9H9N5S. The van der Waals surface area contributed by atoms with Crippen LogP contribution in [0.4, 0.5) is 5.82 Å². The van der Waals surface area contributed by atoms with Crippen LogP contribution in [-0.4, -0.2) is 15.7 Å². The van der Waals surface area contributed by atoms with Crippen molar-refractivity contribution in [3.05, 3.63) is 11.4 Å². The summed E-state index contributed by atoms with van der Waals surface area (Å²) in [6.45, 7) is 2.03. The van der Waals surface area contributed by atoms with Gasteiger partial charge in [-0.25, -0.2) is 9.97 Å². The molecule has 0 saturated heterocycles. The van der Waals surface area contributed by atoms with Crippen molar-refractivity contribution in [1.29, 1.82) is 10.5 Å². The van der Waals surface area contributed by atoms with Crippen molar-refractivity contribution in [1.82, 2.24) is 9.97 Å². The van der Waals surface area contributed by atoms with Gasteiger partial charge in [0.05, 0.1) is 0 Å². The number of hydrogen-bond donors (Lipinski definition) is 1. The van der Waals surface area contributed by atoms with Crippen LogP contribution in [0, 0.1) is 22.7 Å². The summed E-state index contributed by atoms with van der Waals surface area (Å²) in [6.07, 6.45) is 0.969. The molecule has 1 aromatic rings. The Morgan fingerprint density at radius 2 is 1.93 bits per heavy atom. The first-order chi connectivity index (χ1) is 7.22. The van der Waals surface area contributed by atoms with Gasteiger partial charge in [0.1, 0.15) is 17.2 Å². The number of nitrogens with two attached hydrogens (primary N) is 1. The van der Waals surface area contributed by atoms with E-state index in [9.17, 15) is 0 Å². The Balaban J connectivity index is 3.12. The van der Waals surface area contributed by atoms with E-state index in [4.69, 9.17) is 16.3 Å². The number of nitrogen functional groups attached to an aromatic ring is 1. The molecule has 0 aromatic carbocycles. The summed E-state index contributed by atoms with van der Waals surface area (Å²) in [5, 5.41) is 18.0. The number of rotatable bonds is 3. The molecule has 0 fully saturated rings. The van der Waals surface area contributed by atoms with E-state index in [1.54, 1.807) is 6.07 Å². The summed E-state index contributed by atoms with van der Waals surface area (Å²) in [4.78, 5) is 7.82. The number of hydrogen-bond acceptors (Lipinski definition) is 6. The van der Waals surface area contributed by atoms with Gasteiger partial charge in [-0.3, -0.25) is 0 Å². The Labute approximate surface area is 91.9 Å². The first kappa shape index (κ1) is 11.3. The summed E-state index contributed by atoms with van der Waals surface area (Å²) in [5.74, 6) is 0.921. The molecule has 1 heterocycles. The zero-order valence-corrected chi connectivity index (χ0v) is 9.01. The highest BCUT2D eigenvalue weighted by atomic mass is 32.2. The lowest BCUT2D eigenvalue weighted by molar-refractivity contribution is 1.01. The molecule has 76 valence electrons. The Morgan fingerprint density at radius 1 is 1.27 bits per heavy atom. The quantitative estimate of drug-likeness (QED) is 0.769. The molecule has 15 heavy (non-hydrogen) atoms. The van der Waals surface area contributed by atoms with Crippen LogP contribution < -0.4 is 5.73 Å². The second kappa shape index (κ2) is 5.18. The van der Waals surface area contributed by atoms with Crippen molar-refractivity contribution in [2.24, 2.45) is 0 Å². The highest BCUT2D eigenvalue weighted by Gasteiger charge is 2.11. The molecule has 1 rings (SSSR count). The number of aromatic nitrogens is 2. The fourth-order valence-electron chi connectivity index (χ4n) is 0.887. The van der Waals surface area contributed by atoms with Crippen LogP contribution in [-0.2, 0) is 0 Å². The van der Waals surface area contributed by atoms with Crippen molar-refractivity contribution in [2.75, 3.05) is 11.5 Å². The molecule has 2 N–H and O–H groups in total. The summed E-state index contributed by atoms with van der Waals surface area (Å²) in [7, 11) is 0. The molecule has 1 aromatic heterocycles. The Kier molecular flexibility index (Phi) is 3.90. The van der Waals surface area contributed by atoms with E-state index in [1.807, 2.05) is 13.0 Å². The molecule has 0 amide bonds. The normalized spacial score (nSPS) is 9.27. The zero-order chi connectivity index (χ0) is 11.3. The van der Waals surface area contributed by atoms with Gasteiger partial charge in [0.15, 0.2) is 17.2 Å². The predicted molar refractivity (Wildman–Crippen MR) is 56.9 cm³/mol. The molecular weight excluding hydrogens is 210 g/mol. The minimum atomic E-state index is 0.00685. The van der Waals surface area contributed by atoms with Gasteiger partial charge in [0, 0.05) is 0 Å². The molecule has 0 saturated carbocycles. The molecule has 0 bridgehead atoms. The van der Waals surface area contributed by atoms with Crippen LogP contribution in [0.5, 0.6) is 0 Å². The van der Waals surface area contributed by atoms with Crippen molar-refractivity contribution >= 4 is 17.6 Å². The zero-order valence-electron chi connectivity index (χ0n) is 8.19. The number of nitrogens with zero attached hydrogens (tertiary/aromatic N) is 4. The first-order valence-corrected chi connectivity index (χ1v) is 5.32. The Bertz CT molecular complexity index is 443. The van der Waals surface area contributed by atoms with Gasteiger partial charge < -0.3 is 5.73 Å². The average Bonchev–Trinajstić information content (AvgIpc) is 2.26. The number of nitriles is 2. The summed E-state index contributed by atoms with van der Waals surface area (Å²) in [6, 6.07) is 3.70. The van der Waals surface area contributed by atoms with Crippen LogP contribution in [0.25, 0.3) is 0 Å². The number of anilines is 1. The van der Waals surface area contributed by atoms with Gasteiger partial charge in [-0.1, -0.05) is 6.92 Å². The third-order valence-electron chi connectivity index (χ3n) is 1.55. The predicted octanol–water partition coefficient (Wildman–Crippen LogP) is 1.30. The molecule has 0 unspecified atom stereocenters. The lowest BCUT2D eigenvalue weighted by Crippen LogP contribution is -2.02. The molecule has 0 aliphatic rings. The lowest BCUT2D eigenvalue weighted by atomic mass is 10.4. The fraction of sp³-hybridized carbons (Fsp3) is 0.333. The van der Waals surface area contributed by atoms with Gasteiger partial charge in [0.25, 0.3) is 0 Å². The Morgan fingerprint density at radius 3 is 2.47 bits per heavy atom. The minimum Gasteiger partial charge on any atom is -0.381 e. The smallest absolute Gasteiger partial charge is 0.184 e. The van der Waals surface area contributed by atoms with E-state index in [1.165, 1.54) is 11.8 Å². The van der Waals surface area contributed by atoms with Crippen LogP contribution >= 0.6 is 11.8 Å². The monoisotopic (exact) mass is 219 g/mol. The first-order valence-electron chi connectivity index (χ1n) is 4.33. The average molecular weight is 219 g/mol. The maximum Gasteiger partial charge on any atom is 0.184 e. The highest BCUT2D eigenvalue weighted by molar-refractivity contribution is 7.99. The molecule has 0 atom stereocenters. The van der Waals surface area contributed by atoms with Crippen LogP contribution in [0.1, 0.15) is 24.7 Å². The second-order valence-electron chi connectivity index (χ2n) is 2.68. The molecule has 0 aliphatic carbocycles. The molecule has 0 spiro atoms. The summed E-state index contributed by atoms with van der Waals surface area (Å²) < 4.78 is 0. The largest absolute Gasteiger partial charge is 0.381 e. The van der Waals surface area contributed by atoms with E-state index in [0.29, 0.717) is 5.03 Å². The highest BCUT2D eigenvalue weighted by Crippen LogP contribution is 2.21. The van der Waals surface area contributed by atoms with Crippen molar-refractivity contribution < 1.29 is 0 Å². The fourth-order valence-corrected chi connectivity index (χ4v) is 1.68. The van der Waals surface area contributed by atoms with Gasteiger partial charge in [-0.2, -0.15) is 10.5 Å². The van der Waals surface area contributed by atoms with Crippen LogP contribution in [0.15, 0.2) is 5.03 Å². The van der Waals surface area contributed by atoms with Gasteiger partial charge >= 0.3 is 0 Å². The van der Waals surface area contributed by atoms with Crippen molar-refractivity contribution in [3.8, 4) is 12.1 Å². The van der Waals surface area contributed by atoms with E-state index < -0.39 is 0 Å². The third kappa shape index (κ3) is 2.58. The van der Waals surface area contributed by atoms with Crippen LogP contribution in [0.3, 0.4) is 0 Å². The summed E-state index contributed by atoms with van der Waals surface area (Å²) >= 11 is 1.42. The molecule has 6 heteroatoms. The van der Waals surface area contributed by atoms with E-state index >= 15 is 0 Å². The van der Waals surface area contributed by atoms with Gasteiger partial charge in [-0.15, -0.1) is 11.8 Å². The third-order valence-corrected chi connectivity index (χ3v) is 2.72. The van der Waals surface area contributed by atoms with E-state index in [-0.39, 0.29) is 17.2 Å². The van der Waals surface area contributed by atoms with E-state index in [0.717, 1.165) is 12.2 Å².